The zero-order valence-corrected chi connectivity index (χ0v) is 22.4. The molecule has 204 valence electrons. The monoisotopic (exact) mass is 574 g/mol. The standard InChI is InChI=1S/C28H26Cl2F2N4O3/c1-16(28(33)39)34-25(37)13-26(38)36(23-11-21(31)10-22(32)12-23)24-14-35(15-24)27(17-2-6-19(29)7-3-17)18-4-8-20(30)9-5-18/h2-12,16,24,27H,13-15H2,1H3,(H2,33,39)(H,34,37). The van der Waals surface area contributed by atoms with Gasteiger partial charge < -0.3 is 16.0 Å². The lowest BCUT2D eigenvalue weighted by molar-refractivity contribution is -0.131. The summed E-state index contributed by atoms with van der Waals surface area (Å²) < 4.78 is 28.3. The van der Waals surface area contributed by atoms with Gasteiger partial charge in [0.1, 0.15) is 24.1 Å². The third-order valence-electron chi connectivity index (χ3n) is 6.50. The Kier molecular flexibility index (Phi) is 8.84. The van der Waals surface area contributed by atoms with E-state index in [1.807, 2.05) is 24.3 Å². The van der Waals surface area contributed by atoms with Gasteiger partial charge in [0.15, 0.2) is 0 Å². The van der Waals surface area contributed by atoms with Crippen LogP contribution in [0.25, 0.3) is 0 Å². The normalized spacial score (nSPS) is 14.5. The van der Waals surface area contributed by atoms with Crippen LogP contribution in [0.5, 0.6) is 0 Å². The number of carbonyl (C=O) groups excluding carboxylic acids is 3. The molecule has 39 heavy (non-hydrogen) atoms. The highest BCUT2D eigenvalue weighted by molar-refractivity contribution is 6.30. The minimum atomic E-state index is -0.982. The molecule has 4 rings (SSSR count). The quantitative estimate of drug-likeness (QED) is 0.369. The SMILES string of the molecule is CC(NC(=O)CC(=O)N(c1cc(F)cc(F)c1)C1CN(C(c2ccc(Cl)cc2)c2ccc(Cl)cc2)C1)C(N)=O. The zero-order valence-electron chi connectivity index (χ0n) is 20.9. The second-order valence-electron chi connectivity index (χ2n) is 9.37. The zero-order chi connectivity index (χ0) is 28.3. The highest BCUT2D eigenvalue weighted by atomic mass is 35.5. The molecule has 0 spiro atoms. The summed E-state index contributed by atoms with van der Waals surface area (Å²) >= 11 is 12.2. The maximum Gasteiger partial charge on any atom is 0.239 e. The third-order valence-corrected chi connectivity index (χ3v) is 7.01. The van der Waals surface area contributed by atoms with Crippen LogP contribution >= 0.6 is 23.2 Å². The van der Waals surface area contributed by atoms with Crippen LogP contribution in [0.4, 0.5) is 14.5 Å². The van der Waals surface area contributed by atoms with Gasteiger partial charge in [-0.1, -0.05) is 47.5 Å². The molecule has 1 aliphatic rings. The molecule has 0 aromatic heterocycles. The molecule has 7 nitrogen and oxygen atoms in total. The van der Waals surface area contributed by atoms with Crippen molar-refractivity contribution in [2.24, 2.45) is 5.73 Å². The van der Waals surface area contributed by atoms with Crippen molar-refractivity contribution >= 4 is 46.6 Å². The second-order valence-corrected chi connectivity index (χ2v) is 10.2. The van der Waals surface area contributed by atoms with E-state index in [0.717, 1.165) is 23.3 Å². The first-order chi connectivity index (χ1) is 18.5. The minimum Gasteiger partial charge on any atom is -0.368 e. The van der Waals surface area contributed by atoms with Crippen molar-refractivity contribution in [3.63, 3.8) is 0 Å². The number of carbonyl (C=O) groups is 3. The molecule has 1 fully saturated rings. The van der Waals surface area contributed by atoms with E-state index in [9.17, 15) is 23.2 Å². The number of benzene rings is 3. The molecular weight excluding hydrogens is 549 g/mol. The Morgan fingerprint density at radius 1 is 0.949 bits per heavy atom. The first-order valence-corrected chi connectivity index (χ1v) is 12.9. The van der Waals surface area contributed by atoms with E-state index in [-0.39, 0.29) is 11.7 Å². The van der Waals surface area contributed by atoms with E-state index in [4.69, 9.17) is 28.9 Å². The molecule has 1 saturated heterocycles. The number of rotatable bonds is 9. The molecule has 1 heterocycles. The minimum absolute atomic E-state index is 0.00700. The van der Waals surface area contributed by atoms with E-state index >= 15 is 0 Å². The maximum atomic E-state index is 14.1. The number of anilines is 1. The summed E-state index contributed by atoms with van der Waals surface area (Å²) in [5, 5.41) is 3.53. The lowest BCUT2D eigenvalue weighted by Crippen LogP contribution is -2.62. The average molecular weight is 575 g/mol. The number of hydrogen-bond acceptors (Lipinski definition) is 4. The van der Waals surface area contributed by atoms with Gasteiger partial charge >= 0.3 is 0 Å². The fraction of sp³-hybridized carbons (Fsp3) is 0.250. The molecule has 11 heteroatoms. The van der Waals surface area contributed by atoms with Crippen molar-refractivity contribution < 1.29 is 23.2 Å². The first-order valence-electron chi connectivity index (χ1n) is 12.1. The van der Waals surface area contributed by atoms with Gasteiger partial charge in [0.05, 0.1) is 12.1 Å². The largest absolute Gasteiger partial charge is 0.368 e. The van der Waals surface area contributed by atoms with Crippen LogP contribution in [0.2, 0.25) is 10.0 Å². The van der Waals surface area contributed by atoms with Crippen LogP contribution < -0.4 is 16.0 Å². The van der Waals surface area contributed by atoms with Crippen LogP contribution in [0.3, 0.4) is 0 Å². The number of nitrogens with zero attached hydrogens (tertiary/aromatic N) is 2. The molecule has 1 unspecified atom stereocenters. The van der Waals surface area contributed by atoms with Crippen molar-refractivity contribution in [1.29, 1.82) is 0 Å². The molecule has 3 aromatic rings. The Labute approximate surface area is 234 Å². The third kappa shape index (κ3) is 6.92. The lowest BCUT2D eigenvalue weighted by atomic mass is 9.92. The highest BCUT2D eigenvalue weighted by Crippen LogP contribution is 2.36. The van der Waals surface area contributed by atoms with Crippen LogP contribution in [0.1, 0.15) is 30.5 Å². The van der Waals surface area contributed by atoms with E-state index in [0.29, 0.717) is 29.2 Å². The fourth-order valence-corrected chi connectivity index (χ4v) is 4.84. The fourth-order valence-electron chi connectivity index (χ4n) is 4.59. The number of primary amides is 1. The van der Waals surface area contributed by atoms with Crippen LogP contribution in [0.15, 0.2) is 66.7 Å². The van der Waals surface area contributed by atoms with Crippen LogP contribution in [-0.4, -0.2) is 47.8 Å². The van der Waals surface area contributed by atoms with Crippen molar-refractivity contribution in [3.8, 4) is 0 Å². The van der Waals surface area contributed by atoms with Gasteiger partial charge in [0, 0.05) is 34.9 Å². The Morgan fingerprint density at radius 3 is 1.90 bits per heavy atom. The van der Waals surface area contributed by atoms with Crippen molar-refractivity contribution in [1.82, 2.24) is 10.2 Å². The molecule has 0 radical (unpaired) electrons. The van der Waals surface area contributed by atoms with Gasteiger partial charge in [-0.2, -0.15) is 0 Å². The van der Waals surface area contributed by atoms with Gasteiger partial charge in [-0.3, -0.25) is 19.3 Å². The highest BCUT2D eigenvalue weighted by Gasteiger charge is 2.40. The van der Waals surface area contributed by atoms with Crippen LogP contribution in [-0.2, 0) is 14.4 Å². The molecule has 0 saturated carbocycles. The molecule has 3 amide bonds. The topological polar surface area (TPSA) is 95.7 Å². The molecule has 1 atom stereocenters. The van der Waals surface area contributed by atoms with Gasteiger partial charge in [0.2, 0.25) is 17.7 Å². The summed E-state index contributed by atoms with van der Waals surface area (Å²) in [7, 11) is 0. The van der Waals surface area contributed by atoms with Crippen molar-refractivity contribution in [2.75, 3.05) is 18.0 Å². The van der Waals surface area contributed by atoms with Crippen molar-refractivity contribution in [2.45, 2.75) is 31.5 Å². The Hall–Kier alpha value is -3.53. The Morgan fingerprint density at radius 2 is 1.44 bits per heavy atom. The van der Waals surface area contributed by atoms with Gasteiger partial charge in [-0.25, -0.2) is 8.78 Å². The molecule has 3 aromatic carbocycles. The van der Waals surface area contributed by atoms with E-state index in [1.165, 1.54) is 11.8 Å². The summed E-state index contributed by atoms with van der Waals surface area (Å²) in [6.45, 7) is 2.08. The molecular formula is C28H26Cl2F2N4O3. The summed E-state index contributed by atoms with van der Waals surface area (Å²) in [6, 6.07) is 15.9. The maximum absolute atomic E-state index is 14.1. The van der Waals surface area contributed by atoms with E-state index in [2.05, 4.69) is 10.2 Å². The average Bonchev–Trinajstić information content (AvgIpc) is 2.83. The number of hydrogen-bond donors (Lipinski definition) is 2. The number of likely N-dealkylation sites (tertiary alicyclic amines) is 1. The van der Waals surface area contributed by atoms with Crippen molar-refractivity contribution in [3.05, 3.63) is 99.5 Å². The second kappa shape index (κ2) is 12.1. The molecule has 0 aliphatic carbocycles. The predicted molar refractivity (Wildman–Crippen MR) is 145 cm³/mol. The first kappa shape index (κ1) is 28.5. The number of halogens is 4. The summed E-state index contributed by atoms with van der Waals surface area (Å²) in [5.41, 5.74) is 7.08. The Bertz CT molecular complexity index is 1300. The number of nitrogens with one attached hydrogen (secondary N) is 1. The van der Waals surface area contributed by atoms with E-state index < -0.39 is 47.9 Å². The number of amides is 3. The smallest absolute Gasteiger partial charge is 0.239 e. The van der Waals surface area contributed by atoms with Gasteiger partial charge in [-0.15, -0.1) is 0 Å². The molecule has 1 aliphatic heterocycles. The van der Waals surface area contributed by atoms with Gasteiger partial charge in [0.25, 0.3) is 0 Å². The van der Waals surface area contributed by atoms with Gasteiger partial charge in [-0.05, 0) is 54.4 Å². The van der Waals surface area contributed by atoms with Crippen LogP contribution in [0, 0.1) is 11.6 Å². The lowest BCUT2D eigenvalue weighted by Gasteiger charge is -2.49. The van der Waals surface area contributed by atoms with E-state index in [1.54, 1.807) is 24.3 Å². The molecule has 0 bridgehead atoms. The summed E-state index contributed by atoms with van der Waals surface area (Å²) in [4.78, 5) is 40.4. The molecule has 3 N–H and O–H groups in total. The summed E-state index contributed by atoms with van der Waals surface area (Å²) in [6.07, 6.45) is -0.635. The number of nitrogens with two attached hydrogens (primary N) is 1. The Balaban J connectivity index is 1.60. The predicted octanol–water partition coefficient (Wildman–Crippen LogP) is 4.46. The summed E-state index contributed by atoms with van der Waals surface area (Å²) in [5.74, 6) is -3.88.